The maximum absolute atomic E-state index is 13.4. The van der Waals surface area contributed by atoms with Gasteiger partial charge in [-0.2, -0.15) is 0 Å². The van der Waals surface area contributed by atoms with E-state index in [4.69, 9.17) is 11.6 Å². The number of rotatable bonds is 3. The van der Waals surface area contributed by atoms with Gasteiger partial charge < -0.3 is 5.11 Å². The van der Waals surface area contributed by atoms with Gasteiger partial charge in [-0.1, -0.05) is 80.9 Å². The highest BCUT2D eigenvalue weighted by atomic mass is 35.5. The van der Waals surface area contributed by atoms with Gasteiger partial charge in [-0.15, -0.1) is 0 Å². The van der Waals surface area contributed by atoms with Crippen LogP contribution in [0.4, 0.5) is 5.69 Å². The number of carbonyl (C=O) groups is 2. The molecule has 30 heavy (non-hydrogen) atoms. The quantitative estimate of drug-likeness (QED) is 0.565. The van der Waals surface area contributed by atoms with E-state index >= 15 is 0 Å². The van der Waals surface area contributed by atoms with Gasteiger partial charge in [0.25, 0.3) is 5.91 Å². The fraction of sp³-hybridized carbons (Fsp3) is 0.200. The number of carbonyl (C=O) groups excluding carboxylic acids is 2. The van der Waals surface area contributed by atoms with Crippen molar-refractivity contribution in [1.29, 1.82) is 0 Å². The molecule has 0 saturated carbocycles. The minimum absolute atomic E-state index is 0.115. The Balaban J connectivity index is 2.01. The van der Waals surface area contributed by atoms with E-state index in [9.17, 15) is 14.7 Å². The molecule has 1 N–H and O–H groups in total. The van der Waals surface area contributed by atoms with Crippen molar-refractivity contribution in [3.05, 3.63) is 88.6 Å². The molecule has 1 unspecified atom stereocenters. The van der Waals surface area contributed by atoms with E-state index in [0.717, 1.165) is 16.3 Å². The maximum Gasteiger partial charge on any atom is 0.294 e. The molecule has 0 radical (unpaired) electrons. The molecule has 0 saturated heterocycles. The molecular formula is C25H22ClNO3. The summed E-state index contributed by atoms with van der Waals surface area (Å²) in [6.45, 7) is 5.34. The monoisotopic (exact) mass is 419 g/mol. The summed E-state index contributed by atoms with van der Waals surface area (Å²) >= 11 is 6.19. The molecule has 3 aromatic rings. The van der Waals surface area contributed by atoms with Crippen LogP contribution >= 0.6 is 11.6 Å². The van der Waals surface area contributed by atoms with E-state index in [2.05, 4.69) is 0 Å². The number of anilines is 1. The van der Waals surface area contributed by atoms with Crippen LogP contribution < -0.4 is 4.90 Å². The number of aliphatic hydroxyl groups is 1. The first-order valence-corrected chi connectivity index (χ1v) is 10.1. The van der Waals surface area contributed by atoms with Gasteiger partial charge in [-0.05, 0) is 34.5 Å². The van der Waals surface area contributed by atoms with Crippen molar-refractivity contribution in [3.8, 4) is 0 Å². The Bertz CT molecular complexity index is 1200. The molecular weight excluding hydrogens is 398 g/mol. The molecule has 1 amide bonds. The van der Waals surface area contributed by atoms with Crippen LogP contribution in [0.3, 0.4) is 0 Å². The van der Waals surface area contributed by atoms with E-state index in [1.54, 1.807) is 45.0 Å². The van der Waals surface area contributed by atoms with Crippen LogP contribution in [0.15, 0.2) is 78.1 Å². The van der Waals surface area contributed by atoms with Crippen LogP contribution in [-0.2, 0) is 9.59 Å². The number of benzene rings is 3. The lowest BCUT2D eigenvalue weighted by Gasteiger charge is -2.29. The summed E-state index contributed by atoms with van der Waals surface area (Å²) < 4.78 is 0. The number of hydrogen-bond donors (Lipinski definition) is 1. The van der Waals surface area contributed by atoms with Crippen LogP contribution in [0, 0.1) is 5.41 Å². The Morgan fingerprint density at radius 3 is 2.37 bits per heavy atom. The topological polar surface area (TPSA) is 57.6 Å². The minimum atomic E-state index is -0.767. The molecule has 1 atom stereocenters. The minimum Gasteiger partial charge on any atom is -0.503 e. The number of aliphatic hydroxyl groups excluding tert-OH is 1. The molecule has 0 aliphatic carbocycles. The maximum atomic E-state index is 13.4. The molecule has 0 fully saturated rings. The van der Waals surface area contributed by atoms with Crippen LogP contribution in [0.5, 0.6) is 0 Å². The predicted octanol–water partition coefficient (Wildman–Crippen LogP) is 6.01. The molecule has 4 rings (SSSR count). The van der Waals surface area contributed by atoms with E-state index < -0.39 is 23.1 Å². The number of fused-ring (bicyclic) bond motifs is 1. The lowest BCUT2D eigenvalue weighted by molar-refractivity contribution is -0.123. The average Bonchev–Trinajstić information content (AvgIpc) is 2.97. The Hall–Kier alpha value is -3.11. The van der Waals surface area contributed by atoms with Crippen LogP contribution in [0.25, 0.3) is 10.8 Å². The molecule has 0 spiro atoms. The zero-order valence-electron chi connectivity index (χ0n) is 17.0. The standard InChI is InChI=1S/C25H22ClNO3/c1-25(2,3)23(29)20-21(19-13-6-9-15-8-4-5-12-18(15)19)27(24(30)22(20)28)17-11-7-10-16(26)14-17/h4-14,21,28H,1-3H3. The lowest BCUT2D eigenvalue weighted by Crippen LogP contribution is -2.33. The number of nitrogens with zero attached hydrogens (tertiary/aromatic N) is 1. The molecule has 1 heterocycles. The summed E-state index contributed by atoms with van der Waals surface area (Å²) in [6.07, 6.45) is 0. The summed E-state index contributed by atoms with van der Waals surface area (Å²) in [7, 11) is 0. The first kappa shape index (κ1) is 20.2. The van der Waals surface area contributed by atoms with Crippen molar-refractivity contribution < 1.29 is 14.7 Å². The second-order valence-corrected chi connectivity index (χ2v) is 8.90. The largest absolute Gasteiger partial charge is 0.503 e. The van der Waals surface area contributed by atoms with Gasteiger partial charge in [0.05, 0.1) is 11.6 Å². The Morgan fingerprint density at radius 2 is 1.67 bits per heavy atom. The van der Waals surface area contributed by atoms with Crippen LogP contribution in [0.1, 0.15) is 32.4 Å². The molecule has 3 aromatic carbocycles. The van der Waals surface area contributed by atoms with Gasteiger partial charge in [-0.3, -0.25) is 14.5 Å². The highest BCUT2D eigenvalue weighted by Gasteiger charge is 2.47. The zero-order chi connectivity index (χ0) is 21.6. The molecule has 1 aliphatic heterocycles. The van der Waals surface area contributed by atoms with Crippen molar-refractivity contribution in [2.45, 2.75) is 26.8 Å². The van der Waals surface area contributed by atoms with Gasteiger partial charge in [0.1, 0.15) is 0 Å². The van der Waals surface area contributed by atoms with Crippen molar-refractivity contribution in [2.24, 2.45) is 5.41 Å². The summed E-state index contributed by atoms with van der Waals surface area (Å²) in [5.74, 6) is -1.38. The highest BCUT2D eigenvalue weighted by Crippen LogP contribution is 2.45. The third-order valence-electron chi connectivity index (χ3n) is 5.34. The van der Waals surface area contributed by atoms with Crippen molar-refractivity contribution in [2.75, 3.05) is 4.90 Å². The number of halogens is 1. The third kappa shape index (κ3) is 3.27. The second-order valence-electron chi connectivity index (χ2n) is 8.47. The molecule has 1 aliphatic rings. The lowest BCUT2D eigenvalue weighted by atomic mass is 9.81. The second kappa shape index (κ2) is 7.29. The fourth-order valence-corrected chi connectivity index (χ4v) is 4.10. The SMILES string of the molecule is CC(C)(C)C(=O)C1=C(O)C(=O)N(c2cccc(Cl)c2)C1c1cccc2ccccc12. The predicted molar refractivity (Wildman–Crippen MR) is 120 cm³/mol. The first-order chi connectivity index (χ1) is 14.2. The summed E-state index contributed by atoms with van der Waals surface area (Å²) in [5, 5.41) is 13.2. The average molecular weight is 420 g/mol. The van der Waals surface area contributed by atoms with Crippen molar-refractivity contribution in [1.82, 2.24) is 0 Å². The summed E-state index contributed by atoms with van der Waals surface area (Å²) in [4.78, 5) is 28.0. The summed E-state index contributed by atoms with van der Waals surface area (Å²) in [5.41, 5.74) is 0.645. The molecule has 0 bridgehead atoms. The normalized spacial score (nSPS) is 17.1. The van der Waals surface area contributed by atoms with Gasteiger partial charge in [-0.25, -0.2) is 0 Å². The molecule has 152 valence electrons. The first-order valence-electron chi connectivity index (χ1n) is 9.75. The van der Waals surface area contributed by atoms with Crippen LogP contribution in [0.2, 0.25) is 5.02 Å². The van der Waals surface area contributed by atoms with Gasteiger partial charge in [0.2, 0.25) is 0 Å². The fourth-order valence-electron chi connectivity index (χ4n) is 3.92. The number of Topliss-reactive ketones (excluding diaryl/α,β-unsaturated/α-hetero) is 1. The van der Waals surface area contributed by atoms with E-state index in [1.165, 1.54) is 4.90 Å². The Kier molecular flexibility index (Phi) is 4.91. The summed E-state index contributed by atoms with van der Waals surface area (Å²) in [6, 6.07) is 19.7. The smallest absolute Gasteiger partial charge is 0.294 e. The number of ketones is 1. The third-order valence-corrected chi connectivity index (χ3v) is 5.57. The van der Waals surface area contributed by atoms with Crippen molar-refractivity contribution in [3.63, 3.8) is 0 Å². The molecule has 4 nitrogen and oxygen atoms in total. The van der Waals surface area contributed by atoms with Crippen LogP contribution in [-0.4, -0.2) is 16.8 Å². The van der Waals surface area contributed by atoms with E-state index in [-0.39, 0.29) is 11.4 Å². The highest BCUT2D eigenvalue weighted by molar-refractivity contribution is 6.31. The number of hydrogen-bond acceptors (Lipinski definition) is 3. The van der Waals surface area contributed by atoms with Crippen molar-refractivity contribution >= 4 is 39.8 Å². The molecule has 5 heteroatoms. The van der Waals surface area contributed by atoms with Gasteiger partial charge >= 0.3 is 0 Å². The Labute approximate surface area is 180 Å². The van der Waals surface area contributed by atoms with Gasteiger partial charge in [0.15, 0.2) is 11.5 Å². The van der Waals surface area contributed by atoms with E-state index in [0.29, 0.717) is 10.7 Å². The van der Waals surface area contributed by atoms with E-state index in [1.807, 2.05) is 42.5 Å². The Morgan fingerprint density at radius 1 is 1.00 bits per heavy atom. The number of amides is 1. The van der Waals surface area contributed by atoms with Gasteiger partial charge in [0, 0.05) is 16.1 Å². The molecule has 0 aromatic heterocycles. The zero-order valence-corrected chi connectivity index (χ0v) is 17.8.